The number of fused-ring (bicyclic) bond motifs is 1. The summed E-state index contributed by atoms with van der Waals surface area (Å²) in [6, 6.07) is 11.7. The predicted octanol–water partition coefficient (Wildman–Crippen LogP) is 4.84. The highest BCUT2D eigenvalue weighted by atomic mass is 35.5. The van der Waals surface area contributed by atoms with E-state index in [2.05, 4.69) is 17.0 Å². The van der Waals surface area contributed by atoms with Crippen LogP contribution in [0.25, 0.3) is 11.1 Å². The van der Waals surface area contributed by atoms with Crippen molar-refractivity contribution >= 4 is 40.2 Å². The van der Waals surface area contributed by atoms with Gasteiger partial charge in [-0.05, 0) is 43.3 Å². The zero-order valence-corrected chi connectivity index (χ0v) is 16.3. The molecule has 0 saturated heterocycles. The fraction of sp³-hybridized carbons (Fsp3) is 0.158. The van der Waals surface area contributed by atoms with Crippen molar-refractivity contribution in [2.75, 3.05) is 6.61 Å². The van der Waals surface area contributed by atoms with Crippen molar-refractivity contribution in [2.24, 2.45) is 0 Å². The number of nitrogens with zero attached hydrogens (tertiary/aromatic N) is 1. The number of nitrogens with one attached hydrogen (secondary N) is 1. The number of carbonyl (C=O) groups excluding carboxylic acids is 1. The number of rotatable bonds is 8. The molecule has 0 bridgehead atoms. The average Bonchev–Trinajstić information content (AvgIpc) is 3.04. The Bertz CT molecular complexity index is 988. The van der Waals surface area contributed by atoms with Gasteiger partial charge in [0.25, 0.3) is 5.91 Å². The van der Waals surface area contributed by atoms with Crippen LogP contribution >= 0.6 is 23.2 Å². The Balaban J connectivity index is 1.56. The van der Waals surface area contributed by atoms with E-state index < -0.39 is 12.0 Å². The largest absolute Gasteiger partial charge is 0.481 e. The molecule has 3 rings (SSSR count). The quantitative estimate of drug-likeness (QED) is 0.522. The van der Waals surface area contributed by atoms with E-state index in [1.807, 2.05) is 0 Å². The first-order valence-electron chi connectivity index (χ1n) is 8.16. The number of hydroxylamine groups is 1. The number of hydrogen-bond donors (Lipinski definition) is 1. The van der Waals surface area contributed by atoms with Crippen LogP contribution in [0.2, 0.25) is 5.02 Å². The van der Waals surface area contributed by atoms with Crippen LogP contribution in [0.3, 0.4) is 0 Å². The highest BCUT2D eigenvalue weighted by Gasteiger charge is 2.15. The molecular weight excluding hydrogens is 407 g/mol. The number of aromatic nitrogens is 1. The molecular formula is C19H16Cl2N2O5. The third-order valence-corrected chi connectivity index (χ3v) is 3.79. The summed E-state index contributed by atoms with van der Waals surface area (Å²) in [6.07, 6.45) is -0.686. The minimum Gasteiger partial charge on any atom is -0.481 e. The summed E-state index contributed by atoms with van der Waals surface area (Å²) in [4.78, 5) is 21.0. The number of amides is 1. The maximum absolute atomic E-state index is 11.9. The van der Waals surface area contributed by atoms with E-state index in [0.717, 1.165) is 0 Å². The summed E-state index contributed by atoms with van der Waals surface area (Å²) in [7, 11) is 0. The smallest absolute Gasteiger partial charge is 0.400 e. The molecule has 1 atom stereocenters. The molecule has 0 aliphatic heterocycles. The summed E-state index contributed by atoms with van der Waals surface area (Å²) in [5.41, 5.74) is 3.40. The molecule has 1 amide bonds. The van der Waals surface area contributed by atoms with Gasteiger partial charge in [0.1, 0.15) is 23.6 Å². The Hall–Kier alpha value is -2.74. The highest BCUT2D eigenvalue weighted by Crippen LogP contribution is 2.28. The van der Waals surface area contributed by atoms with Crippen LogP contribution in [0.5, 0.6) is 17.6 Å². The van der Waals surface area contributed by atoms with Crippen molar-refractivity contribution in [3.05, 3.63) is 59.1 Å². The molecule has 0 aliphatic carbocycles. The molecule has 1 aromatic heterocycles. The number of halogens is 2. The standard InChI is InChI=1S/C19H16Cl2N2O5/c1-11(20)10-25-23-18(24)12(2)26-14-4-6-15(7-5-14)27-19-22-16-8-3-13(21)9-17(16)28-19/h3-9,12H,1,10H2,2H3,(H,23,24)/t12-/m1/s1. The SMILES string of the molecule is C=C(Cl)CONC(=O)[C@@H](C)Oc1ccc(Oc2nc3ccc(Cl)cc3o2)cc1. The summed E-state index contributed by atoms with van der Waals surface area (Å²) in [6.45, 7) is 5.04. The molecule has 0 spiro atoms. The van der Waals surface area contributed by atoms with Crippen LogP contribution in [0, 0.1) is 0 Å². The van der Waals surface area contributed by atoms with Gasteiger partial charge in [-0.2, -0.15) is 4.98 Å². The fourth-order valence-electron chi connectivity index (χ4n) is 2.13. The molecule has 146 valence electrons. The first-order valence-corrected chi connectivity index (χ1v) is 8.92. The van der Waals surface area contributed by atoms with E-state index in [9.17, 15) is 4.79 Å². The molecule has 1 heterocycles. The molecule has 0 fully saturated rings. The van der Waals surface area contributed by atoms with Crippen molar-refractivity contribution in [2.45, 2.75) is 13.0 Å². The number of oxazole rings is 1. The molecule has 28 heavy (non-hydrogen) atoms. The lowest BCUT2D eigenvalue weighted by Gasteiger charge is -2.14. The molecule has 0 saturated carbocycles. The number of carbonyl (C=O) groups is 1. The lowest BCUT2D eigenvalue weighted by Crippen LogP contribution is -2.36. The predicted molar refractivity (Wildman–Crippen MR) is 105 cm³/mol. The Morgan fingerprint density at radius 1 is 1.25 bits per heavy atom. The topological polar surface area (TPSA) is 82.8 Å². The van der Waals surface area contributed by atoms with E-state index in [0.29, 0.717) is 27.6 Å². The fourth-order valence-corrected chi connectivity index (χ4v) is 2.35. The van der Waals surface area contributed by atoms with Crippen molar-refractivity contribution in [3.8, 4) is 17.6 Å². The maximum atomic E-state index is 11.9. The van der Waals surface area contributed by atoms with Gasteiger partial charge in [0, 0.05) is 16.1 Å². The third kappa shape index (κ3) is 5.39. The zero-order valence-electron chi connectivity index (χ0n) is 14.8. The number of hydrogen-bond acceptors (Lipinski definition) is 6. The van der Waals surface area contributed by atoms with E-state index in [1.54, 1.807) is 49.4 Å². The van der Waals surface area contributed by atoms with Gasteiger partial charge in [-0.1, -0.05) is 29.8 Å². The Morgan fingerprint density at radius 3 is 2.68 bits per heavy atom. The number of benzene rings is 2. The van der Waals surface area contributed by atoms with Gasteiger partial charge >= 0.3 is 6.08 Å². The van der Waals surface area contributed by atoms with Gasteiger partial charge in [0.15, 0.2) is 11.7 Å². The van der Waals surface area contributed by atoms with E-state index in [1.165, 1.54) is 0 Å². The van der Waals surface area contributed by atoms with Crippen molar-refractivity contribution in [1.29, 1.82) is 0 Å². The monoisotopic (exact) mass is 422 g/mol. The van der Waals surface area contributed by atoms with Crippen LogP contribution in [-0.4, -0.2) is 23.6 Å². The lowest BCUT2D eigenvalue weighted by atomic mass is 10.3. The van der Waals surface area contributed by atoms with Gasteiger partial charge in [-0.15, -0.1) is 0 Å². The Kier molecular flexibility index (Phi) is 6.41. The average molecular weight is 423 g/mol. The maximum Gasteiger partial charge on any atom is 0.400 e. The van der Waals surface area contributed by atoms with Crippen molar-refractivity contribution in [3.63, 3.8) is 0 Å². The molecule has 3 aromatic rings. The summed E-state index contributed by atoms with van der Waals surface area (Å²) in [5, 5.41) is 0.819. The number of ether oxygens (including phenoxy) is 2. The minimum atomic E-state index is -0.780. The lowest BCUT2D eigenvalue weighted by molar-refractivity contribution is -0.139. The molecule has 9 heteroatoms. The second-order valence-electron chi connectivity index (χ2n) is 5.70. The second-order valence-corrected chi connectivity index (χ2v) is 6.67. The van der Waals surface area contributed by atoms with Gasteiger partial charge in [0.2, 0.25) is 0 Å². The Labute approximate surface area is 170 Å². The molecule has 2 aromatic carbocycles. The van der Waals surface area contributed by atoms with Crippen molar-refractivity contribution < 1.29 is 23.5 Å². The zero-order chi connectivity index (χ0) is 20.1. The third-order valence-electron chi connectivity index (χ3n) is 3.44. The molecule has 1 N–H and O–H groups in total. The van der Waals surface area contributed by atoms with Crippen LogP contribution in [0.4, 0.5) is 0 Å². The van der Waals surface area contributed by atoms with E-state index in [-0.39, 0.29) is 17.7 Å². The van der Waals surface area contributed by atoms with Gasteiger partial charge in [-0.25, -0.2) is 5.48 Å². The second kappa shape index (κ2) is 8.97. The van der Waals surface area contributed by atoms with Gasteiger partial charge in [0.05, 0.1) is 0 Å². The van der Waals surface area contributed by atoms with Crippen molar-refractivity contribution in [1.82, 2.24) is 10.5 Å². The summed E-state index contributed by atoms with van der Waals surface area (Å²) < 4.78 is 16.6. The first-order chi connectivity index (χ1) is 13.4. The summed E-state index contributed by atoms with van der Waals surface area (Å²) >= 11 is 11.5. The van der Waals surface area contributed by atoms with Gasteiger partial charge < -0.3 is 13.9 Å². The van der Waals surface area contributed by atoms with Crippen LogP contribution < -0.4 is 15.0 Å². The summed E-state index contributed by atoms with van der Waals surface area (Å²) in [5.74, 6) is 0.510. The highest BCUT2D eigenvalue weighted by molar-refractivity contribution is 6.31. The van der Waals surface area contributed by atoms with Crippen LogP contribution in [0.1, 0.15) is 6.92 Å². The normalized spacial score (nSPS) is 11.8. The van der Waals surface area contributed by atoms with Gasteiger partial charge in [-0.3, -0.25) is 9.63 Å². The minimum absolute atomic E-state index is 0.00802. The molecule has 7 nitrogen and oxygen atoms in total. The van der Waals surface area contributed by atoms with E-state index in [4.69, 9.17) is 41.9 Å². The van der Waals surface area contributed by atoms with Crippen LogP contribution in [0.15, 0.2) is 58.5 Å². The van der Waals surface area contributed by atoms with E-state index >= 15 is 0 Å². The molecule has 0 aliphatic rings. The first kappa shape index (κ1) is 20.0. The van der Waals surface area contributed by atoms with Crippen LogP contribution in [-0.2, 0) is 9.63 Å². The Morgan fingerprint density at radius 2 is 1.96 bits per heavy atom. The molecule has 0 unspecified atom stereocenters. The molecule has 0 radical (unpaired) electrons.